The van der Waals surface area contributed by atoms with Crippen LogP contribution in [0, 0.1) is 13.8 Å². The van der Waals surface area contributed by atoms with Crippen LogP contribution in [-0.2, 0) is 14.3 Å². The smallest absolute Gasteiger partial charge is 0.326 e. The van der Waals surface area contributed by atoms with Gasteiger partial charge < -0.3 is 14.6 Å². The number of hydrogen-bond acceptors (Lipinski definition) is 5. The van der Waals surface area contributed by atoms with E-state index in [1.807, 2.05) is 42.7 Å². The average Bonchev–Trinajstić information content (AvgIpc) is 3.07. The standard InChI is InChI=1S/C21H22BrN3O5/c1-12-9-16(13(2)25(12)15-7-5-14(22)6-8-15)17(26)11-30-18(27)10-24-19(28)21(3,4)23-20(24)29/h5-9H,10-11H2,1-4H3,(H,23,29). The van der Waals surface area contributed by atoms with Gasteiger partial charge in [0.2, 0.25) is 5.78 Å². The number of carbonyl (C=O) groups is 4. The van der Waals surface area contributed by atoms with E-state index >= 15 is 0 Å². The fourth-order valence-electron chi connectivity index (χ4n) is 3.39. The number of carbonyl (C=O) groups excluding carboxylic acids is 4. The van der Waals surface area contributed by atoms with Crippen molar-refractivity contribution in [2.24, 2.45) is 0 Å². The van der Waals surface area contributed by atoms with Gasteiger partial charge in [0.25, 0.3) is 5.91 Å². The summed E-state index contributed by atoms with van der Waals surface area (Å²) in [6.07, 6.45) is 0. The van der Waals surface area contributed by atoms with Crippen LogP contribution in [0.3, 0.4) is 0 Å². The summed E-state index contributed by atoms with van der Waals surface area (Å²) in [4.78, 5) is 49.5. The second-order valence-corrected chi connectivity index (χ2v) is 8.54. The van der Waals surface area contributed by atoms with Crippen LogP contribution in [0.2, 0.25) is 0 Å². The van der Waals surface area contributed by atoms with Gasteiger partial charge in [0.05, 0.1) is 0 Å². The van der Waals surface area contributed by atoms with Gasteiger partial charge in [-0.3, -0.25) is 19.3 Å². The molecule has 1 fully saturated rings. The van der Waals surface area contributed by atoms with Crippen molar-refractivity contribution >= 4 is 39.6 Å². The number of ketones is 1. The lowest BCUT2D eigenvalue weighted by atomic mass is 10.1. The molecule has 0 radical (unpaired) electrons. The largest absolute Gasteiger partial charge is 0.456 e. The van der Waals surface area contributed by atoms with Crippen molar-refractivity contribution in [1.29, 1.82) is 0 Å². The summed E-state index contributed by atoms with van der Waals surface area (Å²) >= 11 is 3.40. The third-order valence-corrected chi connectivity index (χ3v) is 5.44. The summed E-state index contributed by atoms with van der Waals surface area (Å²) in [6.45, 7) is 5.78. The second kappa shape index (κ2) is 8.06. The quantitative estimate of drug-likeness (QED) is 0.393. The number of imide groups is 1. The summed E-state index contributed by atoms with van der Waals surface area (Å²) in [5, 5.41) is 2.48. The molecule has 0 saturated carbocycles. The first-order valence-corrected chi connectivity index (χ1v) is 10.1. The molecule has 0 atom stereocenters. The normalized spacial score (nSPS) is 15.3. The van der Waals surface area contributed by atoms with Crippen LogP contribution in [0.15, 0.2) is 34.8 Å². The van der Waals surface area contributed by atoms with Crippen molar-refractivity contribution in [3.05, 3.63) is 51.8 Å². The topological polar surface area (TPSA) is 97.7 Å². The number of esters is 1. The van der Waals surface area contributed by atoms with Crippen LogP contribution < -0.4 is 5.32 Å². The van der Waals surface area contributed by atoms with Crippen molar-refractivity contribution in [1.82, 2.24) is 14.8 Å². The Morgan fingerprint density at radius 1 is 1.13 bits per heavy atom. The number of hydrogen-bond donors (Lipinski definition) is 1. The maximum Gasteiger partial charge on any atom is 0.326 e. The van der Waals surface area contributed by atoms with Crippen molar-refractivity contribution in [2.45, 2.75) is 33.2 Å². The summed E-state index contributed by atoms with van der Waals surface area (Å²) in [6, 6.07) is 8.76. The maximum absolute atomic E-state index is 12.6. The Morgan fingerprint density at radius 3 is 2.33 bits per heavy atom. The molecular formula is C21H22BrN3O5. The molecule has 1 N–H and O–H groups in total. The first-order chi connectivity index (χ1) is 14.0. The number of nitrogens with zero attached hydrogens (tertiary/aromatic N) is 2. The fraction of sp³-hybridized carbons (Fsp3) is 0.333. The van der Waals surface area contributed by atoms with Crippen molar-refractivity contribution < 1.29 is 23.9 Å². The van der Waals surface area contributed by atoms with Gasteiger partial charge in [-0.05, 0) is 58.0 Å². The molecule has 30 heavy (non-hydrogen) atoms. The third kappa shape index (κ3) is 4.16. The van der Waals surface area contributed by atoms with E-state index in [4.69, 9.17) is 4.74 Å². The molecule has 9 heteroatoms. The number of ether oxygens (including phenoxy) is 1. The molecule has 0 bridgehead atoms. The van der Waals surface area contributed by atoms with Gasteiger partial charge in [0.1, 0.15) is 12.1 Å². The number of aromatic nitrogens is 1. The predicted octanol–water partition coefficient (Wildman–Crippen LogP) is 2.91. The highest BCUT2D eigenvalue weighted by Gasteiger charge is 2.45. The summed E-state index contributed by atoms with van der Waals surface area (Å²) in [7, 11) is 0. The Labute approximate surface area is 182 Å². The molecule has 3 amide bonds. The van der Waals surface area contributed by atoms with Crippen LogP contribution in [-0.4, -0.2) is 51.8 Å². The van der Waals surface area contributed by atoms with E-state index in [0.29, 0.717) is 5.56 Å². The molecule has 8 nitrogen and oxygen atoms in total. The average molecular weight is 476 g/mol. The van der Waals surface area contributed by atoms with E-state index in [1.165, 1.54) is 0 Å². The number of nitrogens with one attached hydrogen (secondary N) is 1. The van der Waals surface area contributed by atoms with E-state index in [1.54, 1.807) is 19.9 Å². The first kappa shape index (κ1) is 21.8. The molecule has 2 heterocycles. The molecule has 0 spiro atoms. The van der Waals surface area contributed by atoms with Gasteiger partial charge in [-0.15, -0.1) is 0 Å². The van der Waals surface area contributed by atoms with Gasteiger partial charge in [-0.1, -0.05) is 15.9 Å². The number of halogens is 1. The zero-order valence-electron chi connectivity index (χ0n) is 17.1. The van der Waals surface area contributed by atoms with Gasteiger partial charge in [0.15, 0.2) is 6.61 Å². The van der Waals surface area contributed by atoms with E-state index in [-0.39, 0.29) is 5.78 Å². The molecule has 1 aliphatic rings. The van der Waals surface area contributed by atoms with Crippen LogP contribution in [0.25, 0.3) is 5.69 Å². The monoisotopic (exact) mass is 475 g/mol. The highest BCUT2D eigenvalue weighted by molar-refractivity contribution is 9.10. The van der Waals surface area contributed by atoms with Crippen molar-refractivity contribution in [3.8, 4) is 5.69 Å². The van der Waals surface area contributed by atoms with Gasteiger partial charge in [-0.2, -0.15) is 0 Å². The van der Waals surface area contributed by atoms with Crippen LogP contribution >= 0.6 is 15.9 Å². The van der Waals surface area contributed by atoms with Crippen LogP contribution in [0.5, 0.6) is 0 Å². The third-order valence-electron chi connectivity index (χ3n) is 4.91. The highest BCUT2D eigenvalue weighted by atomic mass is 79.9. The molecular weight excluding hydrogens is 454 g/mol. The van der Waals surface area contributed by atoms with Crippen LogP contribution in [0.1, 0.15) is 35.6 Å². The van der Waals surface area contributed by atoms with Gasteiger partial charge in [0, 0.05) is 27.1 Å². The minimum atomic E-state index is -1.07. The van der Waals surface area contributed by atoms with Crippen molar-refractivity contribution in [2.75, 3.05) is 13.2 Å². The predicted molar refractivity (Wildman–Crippen MR) is 113 cm³/mol. The lowest BCUT2D eigenvalue weighted by Gasteiger charge is -2.15. The molecule has 1 aromatic heterocycles. The Bertz CT molecular complexity index is 1040. The molecule has 2 aromatic rings. The lowest BCUT2D eigenvalue weighted by molar-refractivity contribution is -0.146. The molecule has 1 saturated heterocycles. The Morgan fingerprint density at radius 2 is 1.77 bits per heavy atom. The highest BCUT2D eigenvalue weighted by Crippen LogP contribution is 2.23. The second-order valence-electron chi connectivity index (χ2n) is 7.63. The number of urea groups is 1. The molecule has 1 aliphatic heterocycles. The SMILES string of the molecule is Cc1cc(C(=O)COC(=O)CN2C(=O)NC(C)(C)C2=O)c(C)n1-c1ccc(Br)cc1. The zero-order valence-corrected chi connectivity index (χ0v) is 18.7. The molecule has 3 rings (SSSR count). The number of benzene rings is 1. The van der Waals surface area contributed by atoms with E-state index < -0.39 is 36.6 Å². The number of aryl methyl sites for hydroxylation is 1. The zero-order chi connectivity index (χ0) is 22.2. The van der Waals surface area contributed by atoms with Gasteiger partial charge >= 0.3 is 12.0 Å². The number of rotatable bonds is 6. The number of Topliss-reactive ketones (excluding diaryl/α,β-unsaturated/α-hetero) is 1. The lowest BCUT2D eigenvalue weighted by Crippen LogP contribution is -2.41. The minimum absolute atomic E-state index is 0.364. The Balaban J connectivity index is 1.66. The van der Waals surface area contributed by atoms with E-state index in [9.17, 15) is 19.2 Å². The summed E-state index contributed by atoms with van der Waals surface area (Å²) in [5.41, 5.74) is 1.88. The Hall–Kier alpha value is -2.94. The van der Waals surface area contributed by atoms with Crippen molar-refractivity contribution in [3.63, 3.8) is 0 Å². The maximum atomic E-state index is 12.6. The first-order valence-electron chi connectivity index (χ1n) is 9.29. The molecule has 0 aliphatic carbocycles. The molecule has 0 unspecified atom stereocenters. The molecule has 1 aromatic carbocycles. The van der Waals surface area contributed by atoms with E-state index in [2.05, 4.69) is 21.2 Å². The Kier molecular flexibility index (Phi) is 5.85. The van der Waals surface area contributed by atoms with Crippen LogP contribution in [0.4, 0.5) is 4.79 Å². The minimum Gasteiger partial charge on any atom is -0.456 e. The fourth-order valence-corrected chi connectivity index (χ4v) is 3.66. The summed E-state index contributed by atoms with van der Waals surface area (Å²) in [5.74, 6) is -1.71. The summed E-state index contributed by atoms with van der Waals surface area (Å²) < 4.78 is 7.92. The molecule has 158 valence electrons. The number of amides is 3. The van der Waals surface area contributed by atoms with E-state index in [0.717, 1.165) is 26.4 Å². The van der Waals surface area contributed by atoms with Gasteiger partial charge in [-0.25, -0.2) is 4.79 Å².